The van der Waals surface area contributed by atoms with Crippen LogP contribution < -0.4 is 10.2 Å². The molecule has 0 atom stereocenters. The van der Waals surface area contributed by atoms with E-state index in [1.54, 1.807) is 12.4 Å². The van der Waals surface area contributed by atoms with Crippen molar-refractivity contribution < 1.29 is 4.79 Å². The molecular weight excluding hydrogens is 324 g/mol. The van der Waals surface area contributed by atoms with Gasteiger partial charge in [-0.05, 0) is 37.3 Å². The molecule has 1 aromatic carbocycles. The largest absolute Gasteiger partial charge is 0.366 e. The van der Waals surface area contributed by atoms with Gasteiger partial charge >= 0.3 is 0 Å². The summed E-state index contributed by atoms with van der Waals surface area (Å²) >= 11 is 0. The monoisotopic (exact) mass is 350 g/mol. The summed E-state index contributed by atoms with van der Waals surface area (Å²) in [6, 6.07) is 8.60. The Morgan fingerprint density at radius 2 is 1.81 bits per heavy atom. The van der Waals surface area contributed by atoms with E-state index in [1.807, 2.05) is 23.1 Å². The predicted molar refractivity (Wildman–Crippen MR) is 104 cm³/mol. The van der Waals surface area contributed by atoms with E-state index in [4.69, 9.17) is 0 Å². The number of anilines is 2. The Hall–Kier alpha value is -2.43. The normalized spacial score (nSPS) is 18.1. The van der Waals surface area contributed by atoms with Gasteiger partial charge < -0.3 is 10.2 Å². The van der Waals surface area contributed by atoms with Gasteiger partial charge in [-0.15, -0.1) is 0 Å². The lowest BCUT2D eigenvalue weighted by atomic mass is 10.0. The van der Waals surface area contributed by atoms with Crippen LogP contribution in [0.4, 0.5) is 11.5 Å². The summed E-state index contributed by atoms with van der Waals surface area (Å²) in [5.74, 6) is 0.707. The Labute approximate surface area is 154 Å². The summed E-state index contributed by atoms with van der Waals surface area (Å²) in [6.07, 6.45) is 12.9. The van der Waals surface area contributed by atoms with E-state index in [2.05, 4.69) is 21.4 Å². The molecule has 2 aromatic rings. The number of hydrogen-bond acceptors (Lipinski definition) is 4. The van der Waals surface area contributed by atoms with Gasteiger partial charge in [-0.2, -0.15) is 0 Å². The number of carbonyl (C=O) groups is 1. The quantitative estimate of drug-likeness (QED) is 0.843. The van der Waals surface area contributed by atoms with Crippen molar-refractivity contribution in [2.75, 3.05) is 16.8 Å². The molecular formula is C21H26N4O. The Kier molecular flexibility index (Phi) is 5.14. The molecule has 0 spiro atoms. The third-order valence-electron chi connectivity index (χ3n) is 5.43. The van der Waals surface area contributed by atoms with E-state index in [0.717, 1.165) is 30.9 Å². The van der Waals surface area contributed by atoms with Gasteiger partial charge in [0.2, 0.25) is 0 Å². The minimum absolute atomic E-state index is 0.0642. The van der Waals surface area contributed by atoms with Gasteiger partial charge in [-0.25, -0.2) is 9.97 Å². The molecule has 1 N–H and O–H groups in total. The number of aromatic nitrogens is 2. The molecule has 1 fully saturated rings. The highest BCUT2D eigenvalue weighted by atomic mass is 16.2. The fourth-order valence-electron chi connectivity index (χ4n) is 4.03. The Balaban J connectivity index is 1.46. The Morgan fingerprint density at radius 1 is 1.00 bits per heavy atom. The standard InChI is InChI=1S/C21H26N4O/c26-21(25-13-7-9-16-8-5-6-12-19(16)25)18-14-23-20(15-22-18)24-17-10-3-1-2-4-11-17/h5-6,8,12,14-15,17H,1-4,7,9-11,13H2,(H,23,24). The van der Waals surface area contributed by atoms with Crippen LogP contribution in [0.25, 0.3) is 0 Å². The molecule has 1 saturated carbocycles. The molecule has 0 radical (unpaired) electrons. The first-order valence-corrected chi connectivity index (χ1v) is 9.79. The molecule has 1 aliphatic carbocycles. The summed E-state index contributed by atoms with van der Waals surface area (Å²) in [4.78, 5) is 23.6. The lowest BCUT2D eigenvalue weighted by Crippen LogP contribution is -2.36. The average Bonchev–Trinajstić information content (AvgIpc) is 2.96. The SMILES string of the molecule is O=C(c1cnc(NC2CCCCCC2)cn1)N1CCCc2ccccc21. The summed E-state index contributed by atoms with van der Waals surface area (Å²) in [5.41, 5.74) is 2.64. The number of nitrogens with one attached hydrogen (secondary N) is 1. The van der Waals surface area contributed by atoms with Crippen molar-refractivity contribution in [2.45, 2.75) is 57.4 Å². The van der Waals surface area contributed by atoms with E-state index in [9.17, 15) is 4.79 Å². The topological polar surface area (TPSA) is 58.1 Å². The minimum Gasteiger partial charge on any atom is -0.366 e. The number of benzene rings is 1. The Bertz CT molecular complexity index is 751. The van der Waals surface area contributed by atoms with Crippen molar-refractivity contribution in [1.29, 1.82) is 0 Å². The second-order valence-corrected chi connectivity index (χ2v) is 7.31. The number of rotatable bonds is 3. The number of hydrogen-bond donors (Lipinski definition) is 1. The van der Waals surface area contributed by atoms with Gasteiger partial charge in [0.1, 0.15) is 11.5 Å². The second-order valence-electron chi connectivity index (χ2n) is 7.31. The maximum absolute atomic E-state index is 12.9. The molecule has 136 valence electrons. The van der Waals surface area contributed by atoms with E-state index in [0.29, 0.717) is 11.7 Å². The smallest absolute Gasteiger partial charge is 0.278 e. The van der Waals surface area contributed by atoms with Gasteiger partial charge in [0.25, 0.3) is 5.91 Å². The molecule has 0 saturated heterocycles. The molecule has 0 unspecified atom stereocenters. The van der Waals surface area contributed by atoms with E-state index >= 15 is 0 Å². The minimum atomic E-state index is -0.0642. The zero-order chi connectivity index (χ0) is 17.8. The fraction of sp³-hybridized carbons (Fsp3) is 0.476. The first-order chi connectivity index (χ1) is 12.8. The van der Waals surface area contributed by atoms with Crippen LogP contribution in [-0.4, -0.2) is 28.5 Å². The van der Waals surface area contributed by atoms with Crippen LogP contribution in [0, 0.1) is 0 Å². The third-order valence-corrected chi connectivity index (χ3v) is 5.43. The van der Waals surface area contributed by atoms with Crippen LogP contribution in [0.5, 0.6) is 0 Å². The number of para-hydroxylation sites is 1. The lowest BCUT2D eigenvalue weighted by molar-refractivity contribution is 0.0980. The number of carbonyl (C=O) groups excluding carboxylic acids is 1. The highest BCUT2D eigenvalue weighted by Gasteiger charge is 2.24. The molecule has 1 aromatic heterocycles. The van der Waals surface area contributed by atoms with Gasteiger partial charge in [-0.3, -0.25) is 4.79 Å². The highest BCUT2D eigenvalue weighted by Crippen LogP contribution is 2.28. The van der Waals surface area contributed by atoms with Crippen LogP contribution in [-0.2, 0) is 6.42 Å². The van der Waals surface area contributed by atoms with Gasteiger partial charge in [0.15, 0.2) is 0 Å². The van der Waals surface area contributed by atoms with Gasteiger partial charge in [0.05, 0.1) is 12.4 Å². The number of amides is 1. The zero-order valence-electron chi connectivity index (χ0n) is 15.2. The van der Waals surface area contributed by atoms with Crippen LogP contribution in [0.1, 0.15) is 61.0 Å². The lowest BCUT2D eigenvalue weighted by Gasteiger charge is -2.29. The summed E-state index contributed by atoms with van der Waals surface area (Å²) in [5, 5.41) is 3.48. The summed E-state index contributed by atoms with van der Waals surface area (Å²) in [6.45, 7) is 0.736. The van der Waals surface area contributed by atoms with Crippen molar-refractivity contribution in [3.05, 3.63) is 47.9 Å². The van der Waals surface area contributed by atoms with Gasteiger partial charge in [0, 0.05) is 18.3 Å². The van der Waals surface area contributed by atoms with Crippen molar-refractivity contribution in [2.24, 2.45) is 0 Å². The third kappa shape index (κ3) is 3.71. The molecule has 1 amide bonds. The maximum atomic E-state index is 12.9. The zero-order valence-corrected chi connectivity index (χ0v) is 15.2. The fourth-order valence-corrected chi connectivity index (χ4v) is 4.03. The van der Waals surface area contributed by atoms with E-state index < -0.39 is 0 Å². The van der Waals surface area contributed by atoms with Crippen LogP contribution in [0.2, 0.25) is 0 Å². The maximum Gasteiger partial charge on any atom is 0.278 e. The van der Waals surface area contributed by atoms with Crippen LogP contribution >= 0.6 is 0 Å². The van der Waals surface area contributed by atoms with Crippen molar-refractivity contribution in [3.63, 3.8) is 0 Å². The number of nitrogens with zero attached hydrogens (tertiary/aromatic N) is 3. The number of aryl methyl sites for hydroxylation is 1. The second kappa shape index (κ2) is 7.85. The van der Waals surface area contributed by atoms with E-state index in [1.165, 1.54) is 44.1 Å². The molecule has 5 nitrogen and oxygen atoms in total. The van der Waals surface area contributed by atoms with Crippen LogP contribution in [0.15, 0.2) is 36.7 Å². The van der Waals surface area contributed by atoms with Crippen molar-refractivity contribution >= 4 is 17.4 Å². The van der Waals surface area contributed by atoms with Gasteiger partial charge in [-0.1, -0.05) is 43.9 Å². The highest BCUT2D eigenvalue weighted by molar-refractivity contribution is 6.05. The molecule has 1 aliphatic heterocycles. The van der Waals surface area contributed by atoms with Crippen molar-refractivity contribution in [1.82, 2.24) is 9.97 Å². The van der Waals surface area contributed by atoms with Crippen LogP contribution in [0.3, 0.4) is 0 Å². The summed E-state index contributed by atoms with van der Waals surface area (Å²) < 4.78 is 0. The Morgan fingerprint density at radius 3 is 2.58 bits per heavy atom. The van der Waals surface area contributed by atoms with E-state index in [-0.39, 0.29) is 5.91 Å². The average molecular weight is 350 g/mol. The molecule has 4 rings (SSSR count). The molecule has 26 heavy (non-hydrogen) atoms. The first kappa shape index (κ1) is 17.0. The first-order valence-electron chi connectivity index (χ1n) is 9.79. The van der Waals surface area contributed by atoms with Crippen molar-refractivity contribution in [3.8, 4) is 0 Å². The molecule has 0 bridgehead atoms. The molecule has 2 heterocycles. The number of fused-ring (bicyclic) bond motifs is 1. The summed E-state index contributed by atoms with van der Waals surface area (Å²) in [7, 11) is 0. The molecule has 2 aliphatic rings. The molecule has 5 heteroatoms. The predicted octanol–water partition coefficient (Wildman–Crippen LogP) is 4.20.